The summed E-state index contributed by atoms with van der Waals surface area (Å²) >= 11 is 0. The van der Waals surface area contributed by atoms with E-state index in [1.807, 2.05) is 17.7 Å². The first kappa shape index (κ1) is 17.0. The van der Waals surface area contributed by atoms with E-state index in [0.717, 1.165) is 31.0 Å². The summed E-state index contributed by atoms with van der Waals surface area (Å²) in [6, 6.07) is 1.91. The van der Waals surface area contributed by atoms with E-state index in [-0.39, 0.29) is 16.9 Å². The highest BCUT2D eigenvalue weighted by molar-refractivity contribution is 5.91. The van der Waals surface area contributed by atoms with Gasteiger partial charge in [-0.3, -0.25) is 9.69 Å². The van der Waals surface area contributed by atoms with Crippen LogP contribution in [-0.4, -0.2) is 46.8 Å². The van der Waals surface area contributed by atoms with E-state index in [9.17, 15) is 4.79 Å². The Balaban J connectivity index is 1.99. The monoisotopic (exact) mass is 307 g/mol. The lowest BCUT2D eigenvalue weighted by Crippen LogP contribution is -2.36. The number of aryl methyl sites for hydroxylation is 1. The first-order valence-electron chi connectivity index (χ1n) is 7.92. The lowest BCUT2D eigenvalue weighted by molar-refractivity contribution is -0.117. The Labute approximate surface area is 133 Å². The number of likely N-dealkylation sites (tertiary alicyclic amines) is 1. The molecular formula is C16H29N5O. The molecule has 22 heavy (non-hydrogen) atoms. The fourth-order valence-electron chi connectivity index (χ4n) is 2.91. The Morgan fingerprint density at radius 1 is 1.50 bits per heavy atom. The Kier molecular flexibility index (Phi) is 4.63. The largest absolute Gasteiger partial charge is 0.330 e. The standard InChI is InChI=1S/C16H29N5O/c1-12-8-13(21(19-12)15(2,3)4)18-14(22)9-20-7-6-16(5,10-17)11-20/h8H,6-7,9-11,17H2,1-5H3,(H,18,22). The lowest BCUT2D eigenvalue weighted by Gasteiger charge is -2.24. The van der Waals surface area contributed by atoms with Crippen molar-refractivity contribution in [2.75, 3.05) is 31.5 Å². The van der Waals surface area contributed by atoms with Crippen LogP contribution in [0.2, 0.25) is 0 Å². The van der Waals surface area contributed by atoms with Crippen LogP contribution >= 0.6 is 0 Å². The molecule has 0 spiro atoms. The van der Waals surface area contributed by atoms with Gasteiger partial charge in [-0.1, -0.05) is 6.92 Å². The summed E-state index contributed by atoms with van der Waals surface area (Å²) in [5.74, 6) is 0.766. The van der Waals surface area contributed by atoms with Gasteiger partial charge in [-0.25, -0.2) is 4.68 Å². The number of rotatable bonds is 4. The van der Waals surface area contributed by atoms with Gasteiger partial charge in [0, 0.05) is 12.6 Å². The van der Waals surface area contributed by atoms with E-state index in [4.69, 9.17) is 5.73 Å². The van der Waals surface area contributed by atoms with Gasteiger partial charge < -0.3 is 11.1 Å². The molecule has 0 aliphatic carbocycles. The highest BCUT2D eigenvalue weighted by atomic mass is 16.2. The number of anilines is 1. The molecule has 124 valence electrons. The number of nitrogens with one attached hydrogen (secondary N) is 1. The fraction of sp³-hybridized carbons (Fsp3) is 0.750. The van der Waals surface area contributed by atoms with Crippen molar-refractivity contribution in [3.05, 3.63) is 11.8 Å². The number of nitrogens with two attached hydrogens (primary N) is 1. The van der Waals surface area contributed by atoms with Crippen LogP contribution in [0, 0.1) is 12.3 Å². The average molecular weight is 307 g/mol. The summed E-state index contributed by atoms with van der Waals surface area (Å²) in [6.45, 7) is 13.2. The molecule has 0 radical (unpaired) electrons. The maximum absolute atomic E-state index is 12.3. The Morgan fingerprint density at radius 3 is 2.73 bits per heavy atom. The topological polar surface area (TPSA) is 76.2 Å². The molecule has 1 aromatic rings. The molecule has 1 aliphatic heterocycles. The molecule has 1 aromatic heterocycles. The van der Waals surface area contributed by atoms with Crippen molar-refractivity contribution in [1.82, 2.24) is 14.7 Å². The summed E-state index contributed by atoms with van der Waals surface area (Å²) in [4.78, 5) is 14.5. The molecule has 2 heterocycles. The van der Waals surface area contributed by atoms with Gasteiger partial charge in [-0.05, 0) is 52.6 Å². The number of hydrogen-bond donors (Lipinski definition) is 2. The Hall–Kier alpha value is -1.40. The van der Waals surface area contributed by atoms with Crippen molar-refractivity contribution in [1.29, 1.82) is 0 Å². The van der Waals surface area contributed by atoms with E-state index in [1.165, 1.54) is 0 Å². The van der Waals surface area contributed by atoms with Crippen LogP contribution < -0.4 is 11.1 Å². The molecule has 1 atom stereocenters. The van der Waals surface area contributed by atoms with Gasteiger partial charge in [-0.2, -0.15) is 5.10 Å². The van der Waals surface area contributed by atoms with E-state index in [0.29, 0.717) is 13.1 Å². The number of carbonyl (C=O) groups excluding carboxylic acids is 1. The molecule has 1 unspecified atom stereocenters. The molecule has 6 nitrogen and oxygen atoms in total. The first-order valence-corrected chi connectivity index (χ1v) is 7.92. The maximum Gasteiger partial charge on any atom is 0.239 e. The highest BCUT2D eigenvalue weighted by Gasteiger charge is 2.33. The molecule has 2 rings (SSSR count). The molecule has 1 fully saturated rings. The Morgan fingerprint density at radius 2 is 2.18 bits per heavy atom. The molecule has 6 heteroatoms. The zero-order valence-electron chi connectivity index (χ0n) is 14.4. The number of hydrogen-bond acceptors (Lipinski definition) is 4. The zero-order valence-corrected chi connectivity index (χ0v) is 14.4. The van der Waals surface area contributed by atoms with Crippen molar-refractivity contribution in [3.63, 3.8) is 0 Å². The number of carbonyl (C=O) groups is 1. The zero-order chi connectivity index (χ0) is 16.5. The van der Waals surface area contributed by atoms with Crippen molar-refractivity contribution in [3.8, 4) is 0 Å². The summed E-state index contributed by atoms with van der Waals surface area (Å²) in [7, 11) is 0. The van der Waals surface area contributed by atoms with Crippen LogP contribution in [0.15, 0.2) is 6.07 Å². The van der Waals surface area contributed by atoms with Gasteiger partial charge >= 0.3 is 0 Å². The number of amides is 1. The third kappa shape index (κ3) is 3.87. The van der Waals surface area contributed by atoms with E-state index < -0.39 is 0 Å². The highest BCUT2D eigenvalue weighted by Crippen LogP contribution is 2.28. The number of nitrogens with zero attached hydrogens (tertiary/aromatic N) is 3. The second-order valence-corrected chi connectivity index (χ2v) is 7.78. The average Bonchev–Trinajstić information content (AvgIpc) is 2.93. The van der Waals surface area contributed by atoms with E-state index in [2.05, 4.69) is 43.0 Å². The van der Waals surface area contributed by atoms with Gasteiger partial charge in [0.25, 0.3) is 0 Å². The molecule has 1 aliphatic rings. The van der Waals surface area contributed by atoms with Crippen molar-refractivity contribution in [2.24, 2.45) is 11.1 Å². The van der Waals surface area contributed by atoms with Gasteiger partial charge in [0.05, 0.1) is 17.8 Å². The van der Waals surface area contributed by atoms with Crippen LogP contribution in [0.5, 0.6) is 0 Å². The quantitative estimate of drug-likeness (QED) is 0.885. The minimum Gasteiger partial charge on any atom is -0.330 e. The summed E-state index contributed by atoms with van der Waals surface area (Å²) < 4.78 is 1.87. The van der Waals surface area contributed by atoms with Gasteiger partial charge in [0.15, 0.2) is 0 Å². The van der Waals surface area contributed by atoms with Gasteiger partial charge in [0.1, 0.15) is 5.82 Å². The van der Waals surface area contributed by atoms with Crippen LogP contribution in [0.4, 0.5) is 5.82 Å². The smallest absolute Gasteiger partial charge is 0.239 e. The maximum atomic E-state index is 12.3. The molecule has 1 saturated heterocycles. The van der Waals surface area contributed by atoms with Crippen LogP contribution in [0.3, 0.4) is 0 Å². The van der Waals surface area contributed by atoms with Crippen LogP contribution in [0.25, 0.3) is 0 Å². The molecule has 1 amide bonds. The van der Waals surface area contributed by atoms with Gasteiger partial charge in [-0.15, -0.1) is 0 Å². The van der Waals surface area contributed by atoms with E-state index >= 15 is 0 Å². The predicted molar refractivity (Wildman–Crippen MR) is 88.8 cm³/mol. The SMILES string of the molecule is Cc1cc(NC(=O)CN2CCC(C)(CN)C2)n(C(C)(C)C)n1. The fourth-order valence-corrected chi connectivity index (χ4v) is 2.91. The molecular weight excluding hydrogens is 278 g/mol. The summed E-state index contributed by atoms with van der Waals surface area (Å²) in [6.07, 6.45) is 1.05. The van der Waals surface area contributed by atoms with Crippen LogP contribution in [-0.2, 0) is 10.3 Å². The van der Waals surface area contributed by atoms with Gasteiger partial charge in [0.2, 0.25) is 5.91 Å². The second kappa shape index (κ2) is 6.01. The molecule has 3 N–H and O–H groups in total. The third-order valence-electron chi connectivity index (χ3n) is 4.23. The predicted octanol–water partition coefficient (Wildman–Crippen LogP) is 1.56. The van der Waals surface area contributed by atoms with Crippen molar-refractivity contribution >= 4 is 11.7 Å². The number of aromatic nitrogens is 2. The van der Waals surface area contributed by atoms with Crippen molar-refractivity contribution < 1.29 is 4.79 Å². The molecule has 0 aromatic carbocycles. The minimum atomic E-state index is -0.164. The summed E-state index contributed by atoms with van der Waals surface area (Å²) in [5.41, 5.74) is 6.70. The lowest BCUT2D eigenvalue weighted by atomic mass is 9.90. The van der Waals surface area contributed by atoms with Crippen LogP contribution in [0.1, 0.15) is 39.8 Å². The van der Waals surface area contributed by atoms with E-state index in [1.54, 1.807) is 0 Å². The third-order valence-corrected chi connectivity index (χ3v) is 4.23. The second-order valence-electron chi connectivity index (χ2n) is 7.78. The Bertz CT molecular complexity index is 545. The normalized spacial score (nSPS) is 23.0. The van der Waals surface area contributed by atoms with Crippen molar-refractivity contribution in [2.45, 2.75) is 46.6 Å². The summed E-state index contributed by atoms with van der Waals surface area (Å²) in [5, 5.41) is 7.47. The first-order chi connectivity index (χ1) is 10.1. The molecule has 0 saturated carbocycles. The molecule has 0 bridgehead atoms. The minimum absolute atomic E-state index is 0.00618.